The Hall–Kier alpha value is -1.51. The second-order valence-electron chi connectivity index (χ2n) is 4.72. The van der Waals surface area contributed by atoms with Crippen LogP contribution in [0.3, 0.4) is 0 Å². The van der Waals surface area contributed by atoms with Gasteiger partial charge in [-0.1, -0.05) is 41.9 Å². The van der Waals surface area contributed by atoms with E-state index in [0.717, 1.165) is 28.4 Å². The predicted octanol–water partition coefficient (Wildman–Crippen LogP) is 4.03. The fraction of sp³-hybridized carbons (Fsp3) is 0.250. The van der Waals surface area contributed by atoms with E-state index in [0.29, 0.717) is 0 Å². The minimum atomic E-state index is -0.474. The van der Waals surface area contributed by atoms with Crippen LogP contribution >= 0.6 is 11.6 Å². The van der Waals surface area contributed by atoms with Crippen LogP contribution in [0.25, 0.3) is 0 Å². The molecule has 100 valence electrons. The Balaban J connectivity index is 2.23. The van der Waals surface area contributed by atoms with Crippen LogP contribution in [-0.2, 0) is 6.54 Å². The molecule has 0 saturated carbocycles. The van der Waals surface area contributed by atoms with Crippen molar-refractivity contribution in [1.29, 1.82) is 0 Å². The number of hydrogen-bond acceptors (Lipinski definition) is 2. The van der Waals surface area contributed by atoms with Gasteiger partial charge in [0.05, 0.1) is 6.10 Å². The fourth-order valence-corrected chi connectivity index (χ4v) is 2.40. The molecule has 2 rings (SSSR count). The summed E-state index contributed by atoms with van der Waals surface area (Å²) >= 11 is 6.00. The smallest absolute Gasteiger partial charge is 0.0781 e. The van der Waals surface area contributed by atoms with Gasteiger partial charge >= 0.3 is 0 Å². The summed E-state index contributed by atoms with van der Waals surface area (Å²) in [5, 5.41) is 10.6. The summed E-state index contributed by atoms with van der Waals surface area (Å²) in [7, 11) is 2.02. The van der Waals surface area contributed by atoms with Crippen molar-refractivity contribution in [3.8, 4) is 0 Å². The molecule has 1 atom stereocenters. The standard InChI is InChI=1S/C16H18ClNO/c1-12(19)15-8-3-4-9-16(15)18(2)11-13-6-5-7-14(17)10-13/h3-10,12,19H,11H2,1-2H3. The highest BCUT2D eigenvalue weighted by atomic mass is 35.5. The lowest BCUT2D eigenvalue weighted by molar-refractivity contribution is 0.199. The lowest BCUT2D eigenvalue weighted by Crippen LogP contribution is -2.18. The first-order valence-corrected chi connectivity index (χ1v) is 6.68. The van der Waals surface area contributed by atoms with Crippen molar-refractivity contribution in [3.05, 3.63) is 64.7 Å². The molecular formula is C16H18ClNO. The van der Waals surface area contributed by atoms with Crippen LogP contribution in [0.5, 0.6) is 0 Å². The second kappa shape index (κ2) is 6.09. The van der Waals surface area contributed by atoms with E-state index in [9.17, 15) is 5.11 Å². The summed E-state index contributed by atoms with van der Waals surface area (Å²) < 4.78 is 0. The Morgan fingerprint density at radius 1 is 1.16 bits per heavy atom. The first-order valence-electron chi connectivity index (χ1n) is 6.30. The molecule has 0 heterocycles. The molecule has 1 N–H and O–H groups in total. The maximum atomic E-state index is 9.82. The van der Waals surface area contributed by atoms with Gasteiger partial charge in [-0.3, -0.25) is 0 Å². The number of benzene rings is 2. The van der Waals surface area contributed by atoms with Gasteiger partial charge in [-0.05, 0) is 30.7 Å². The molecule has 0 aliphatic carbocycles. The Bertz CT molecular complexity index is 554. The normalized spacial score (nSPS) is 12.2. The highest BCUT2D eigenvalue weighted by molar-refractivity contribution is 6.30. The molecule has 2 aromatic rings. The first kappa shape index (κ1) is 13.9. The van der Waals surface area contributed by atoms with E-state index in [-0.39, 0.29) is 0 Å². The molecular weight excluding hydrogens is 258 g/mol. The highest BCUT2D eigenvalue weighted by Gasteiger charge is 2.11. The number of nitrogens with zero attached hydrogens (tertiary/aromatic N) is 1. The molecule has 3 heteroatoms. The third kappa shape index (κ3) is 3.49. The molecule has 2 aromatic carbocycles. The zero-order valence-electron chi connectivity index (χ0n) is 11.2. The monoisotopic (exact) mass is 275 g/mol. The number of halogens is 1. The number of aliphatic hydroxyl groups is 1. The van der Waals surface area contributed by atoms with E-state index >= 15 is 0 Å². The van der Waals surface area contributed by atoms with E-state index in [1.807, 2.05) is 55.6 Å². The third-order valence-corrected chi connectivity index (χ3v) is 3.34. The van der Waals surface area contributed by atoms with Gasteiger partial charge in [0, 0.05) is 29.9 Å². The minimum absolute atomic E-state index is 0.474. The van der Waals surface area contributed by atoms with Crippen LogP contribution in [0, 0.1) is 0 Å². The Morgan fingerprint density at radius 3 is 2.58 bits per heavy atom. The lowest BCUT2D eigenvalue weighted by Gasteiger charge is -2.23. The quantitative estimate of drug-likeness (QED) is 0.911. The van der Waals surface area contributed by atoms with E-state index < -0.39 is 6.10 Å². The largest absolute Gasteiger partial charge is 0.389 e. The molecule has 0 aliphatic rings. The van der Waals surface area contributed by atoms with E-state index in [1.165, 1.54) is 0 Å². The van der Waals surface area contributed by atoms with Crippen molar-refractivity contribution < 1.29 is 5.11 Å². The molecule has 19 heavy (non-hydrogen) atoms. The highest BCUT2D eigenvalue weighted by Crippen LogP contribution is 2.26. The molecule has 0 spiro atoms. The second-order valence-corrected chi connectivity index (χ2v) is 5.16. The van der Waals surface area contributed by atoms with Gasteiger partial charge in [-0.25, -0.2) is 0 Å². The van der Waals surface area contributed by atoms with Crippen LogP contribution in [0.15, 0.2) is 48.5 Å². The molecule has 0 fully saturated rings. The van der Waals surface area contributed by atoms with Crippen molar-refractivity contribution in [3.63, 3.8) is 0 Å². The summed E-state index contributed by atoms with van der Waals surface area (Å²) in [5.41, 5.74) is 3.12. The van der Waals surface area contributed by atoms with Crippen molar-refractivity contribution in [2.75, 3.05) is 11.9 Å². The average Bonchev–Trinajstić information content (AvgIpc) is 2.38. The molecule has 0 amide bonds. The number of aliphatic hydroxyl groups excluding tert-OH is 1. The topological polar surface area (TPSA) is 23.5 Å². The van der Waals surface area contributed by atoms with Crippen LogP contribution in [0.4, 0.5) is 5.69 Å². The van der Waals surface area contributed by atoms with Crippen molar-refractivity contribution >= 4 is 17.3 Å². The van der Waals surface area contributed by atoms with Gasteiger partial charge in [0.1, 0.15) is 0 Å². The summed E-state index contributed by atoms with van der Waals surface area (Å²) in [6.45, 7) is 2.54. The third-order valence-electron chi connectivity index (χ3n) is 3.11. The van der Waals surface area contributed by atoms with Crippen molar-refractivity contribution in [2.45, 2.75) is 19.6 Å². The number of anilines is 1. The maximum Gasteiger partial charge on any atom is 0.0781 e. The van der Waals surface area contributed by atoms with E-state index in [4.69, 9.17) is 11.6 Å². The molecule has 1 unspecified atom stereocenters. The van der Waals surface area contributed by atoms with Crippen LogP contribution in [-0.4, -0.2) is 12.2 Å². The predicted molar refractivity (Wildman–Crippen MR) is 80.6 cm³/mol. The summed E-state index contributed by atoms with van der Waals surface area (Å²) in [6.07, 6.45) is -0.474. The van der Waals surface area contributed by atoms with E-state index in [1.54, 1.807) is 6.92 Å². The Morgan fingerprint density at radius 2 is 1.89 bits per heavy atom. The SMILES string of the molecule is CC(O)c1ccccc1N(C)Cc1cccc(Cl)c1. The van der Waals surface area contributed by atoms with Crippen LogP contribution < -0.4 is 4.90 Å². The zero-order chi connectivity index (χ0) is 13.8. The first-order chi connectivity index (χ1) is 9.08. The number of rotatable bonds is 4. The van der Waals surface area contributed by atoms with Crippen LogP contribution in [0.2, 0.25) is 5.02 Å². The number of hydrogen-bond donors (Lipinski definition) is 1. The number of para-hydroxylation sites is 1. The van der Waals surface area contributed by atoms with Gasteiger partial charge in [-0.2, -0.15) is 0 Å². The lowest BCUT2D eigenvalue weighted by atomic mass is 10.1. The van der Waals surface area contributed by atoms with Crippen LogP contribution in [0.1, 0.15) is 24.2 Å². The molecule has 0 aromatic heterocycles. The van der Waals surface area contributed by atoms with Gasteiger partial charge in [-0.15, -0.1) is 0 Å². The average molecular weight is 276 g/mol. The zero-order valence-corrected chi connectivity index (χ0v) is 11.9. The summed E-state index contributed by atoms with van der Waals surface area (Å²) in [4.78, 5) is 2.12. The Labute approximate surface area is 119 Å². The summed E-state index contributed by atoms with van der Waals surface area (Å²) in [5.74, 6) is 0. The molecule has 0 radical (unpaired) electrons. The molecule has 2 nitrogen and oxygen atoms in total. The molecule has 0 saturated heterocycles. The maximum absolute atomic E-state index is 9.82. The van der Waals surface area contributed by atoms with Gasteiger partial charge in [0.25, 0.3) is 0 Å². The fourth-order valence-electron chi connectivity index (χ4n) is 2.18. The molecule has 0 bridgehead atoms. The minimum Gasteiger partial charge on any atom is -0.389 e. The van der Waals surface area contributed by atoms with Gasteiger partial charge in [0.15, 0.2) is 0 Å². The van der Waals surface area contributed by atoms with E-state index in [2.05, 4.69) is 4.90 Å². The van der Waals surface area contributed by atoms with Gasteiger partial charge in [0.2, 0.25) is 0 Å². The van der Waals surface area contributed by atoms with Gasteiger partial charge < -0.3 is 10.0 Å². The summed E-state index contributed by atoms with van der Waals surface area (Å²) in [6, 6.07) is 15.7. The molecule has 0 aliphatic heterocycles. The Kier molecular flexibility index (Phi) is 4.46. The van der Waals surface area contributed by atoms with Crippen molar-refractivity contribution in [2.24, 2.45) is 0 Å². The van der Waals surface area contributed by atoms with Crippen molar-refractivity contribution in [1.82, 2.24) is 0 Å².